The van der Waals surface area contributed by atoms with Crippen LogP contribution in [0.25, 0.3) is 16.7 Å². The summed E-state index contributed by atoms with van der Waals surface area (Å²) in [6, 6.07) is 7.91. The number of fused-ring (bicyclic) bond motifs is 1. The van der Waals surface area contributed by atoms with E-state index in [4.69, 9.17) is 14.7 Å². The predicted octanol–water partition coefficient (Wildman–Crippen LogP) is 1.56. The number of morpholine rings is 1. The van der Waals surface area contributed by atoms with Gasteiger partial charge in [-0.1, -0.05) is 17.7 Å². The van der Waals surface area contributed by atoms with Crippen LogP contribution in [0.15, 0.2) is 30.5 Å². The normalized spacial score (nSPS) is 21.2. The van der Waals surface area contributed by atoms with Crippen LogP contribution >= 0.6 is 0 Å². The molecule has 10 heteroatoms. The summed E-state index contributed by atoms with van der Waals surface area (Å²) in [5.41, 5.74) is 2.78. The van der Waals surface area contributed by atoms with Crippen LogP contribution in [0.1, 0.15) is 12.0 Å². The fourth-order valence-electron chi connectivity index (χ4n) is 3.94. The summed E-state index contributed by atoms with van der Waals surface area (Å²) in [6.07, 6.45) is 2.36. The first-order valence-electron chi connectivity index (χ1n) is 10.1. The van der Waals surface area contributed by atoms with E-state index in [0.717, 1.165) is 30.0 Å². The first kappa shape index (κ1) is 19.3. The molecular weight excluding hydrogens is 404 g/mol. The third kappa shape index (κ3) is 3.72. The van der Waals surface area contributed by atoms with Crippen molar-refractivity contribution in [1.82, 2.24) is 19.7 Å². The quantitative estimate of drug-likeness (QED) is 0.668. The first-order chi connectivity index (χ1) is 14.5. The second-order valence-electron chi connectivity index (χ2n) is 7.84. The average Bonchev–Trinajstić information content (AvgIpc) is 3.31. The number of aryl methyl sites for hydroxylation is 1. The van der Waals surface area contributed by atoms with Gasteiger partial charge in [-0.2, -0.15) is 15.1 Å². The highest BCUT2D eigenvalue weighted by atomic mass is 32.2. The second-order valence-corrected chi connectivity index (χ2v) is 10.1. The molecule has 0 spiro atoms. The molecule has 9 nitrogen and oxygen atoms in total. The van der Waals surface area contributed by atoms with E-state index in [9.17, 15) is 8.42 Å². The molecule has 2 fully saturated rings. The Morgan fingerprint density at radius 3 is 2.60 bits per heavy atom. The van der Waals surface area contributed by atoms with Crippen molar-refractivity contribution in [3.63, 3.8) is 0 Å². The molecule has 0 saturated carbocycles. The van der Waals surface area contributed by atoms with Crippen LogP contribution in [0.2, 0.25) is 0 Å². The van der Waals surface area contributed by atoms with Crippen molar-refractivity contribution < 1.29 is 13.2 Å². The Hall–Kier alpha value is -2.72. The summed E-state index contributed by atoms with van der Waals surface area (Å²) in [4.78, 5) is 11.7. The van der Waals surface area contributed by atoms with Crippen LogP contribution in [0.3, 0.4) is 0 Å². The minimum absolute atomic E-state index is 0.110. The van der Waals surface area contributed by atoms with E-state index in [-0.39, 0.29) is 17.5 Å². The topological polar surface area (TPSA) is 102 Å². The van der Waals surface area contributed by atoms with E-state index < -0.39 is 9.84 Å². The molecule has 0 aliphatic carbocycles. The molecule has 5 rings (SSSR count). The Bertz CT molecular complexity index is 1170. The number of hydrogen-bond acceptors (Lipinski definition) is 8. The van der Waals surface area contributed by atoms with Crippen LogP contribution in [0, 0.1) is 6.92 Å². The summed E-state index contributed by atoms with van der Waals surface area (Å²) >= 11 is 0. The number of nitrogens with zero attached hydrogens (tertiary/aromatic N) is 5. The van der Waals surface area contributed by atoms with Crippen molar-refractivity contribution in [2.24, 2.45) is 0 Å². The summed E-state index contributed by atoms with van der Waals surface area (Å²) in [7, 11) is -3.00. The van der Waals surface area contributed by atoms with Gasteiger partial charge in [0.15, 0.2) is 15.5 Å². The monoisotopic (exact) mass is 428 g/mol. The van der Waals surface area contributed by atoms with Crippen molar-refractivity contribution in [1.29, 1.82) is 0 Å². The van der Waals surface area contributed by atoms with E-state index in [2.05, 4.69) is 15.3 Å². The summed E-state index contributed by atoms with van der Waals surface area (Å²) < 4.78 is 31.0. The minimum atomic E-state index is -3.00. The maximum atomic E-state index is 11.9. The Labute approximate surface area is 175 Å². The molecule has 2 saturated heterocycles. The average molecular weight is 429 g/mol. The highest BCUT2D eigenvalue weighted by Crippen LogP contribution is 2.28. The molecule has 1 N–H and O–H groups in total. The number of nitrogens with one attached hydrogen (secondary N) is 1. The maximum Gasteiger partial charge on any atom is 0.226 e. The molecular formula is C20H24N6O3S. The smallest absolute Gasteiger partial charge is 0.226 e. The number of rotatable bonds is 4. The van der Waals surface area contributed by atoms with Gasteiger partial charge in [-0.05, 0) is 25.5 Å². The lowest BCUT2D eigenvalue weighted by molar-refractivity contribution is 0.122. The van der Waals surface area contributed by atoms with Crippen LogP contribution < -0.4 is 10.2 Å². The molecule has 30 heavy (non-hydrogen) atoms. The minimum Gasteiger partial charge on any atom is -0.378 e. The van der Waals surface area contributed by atoms with E-state index >= 15 is 0 Å². The summed E-state index contributed by atoms with van der Waals surface area (Å²) in [5.74, 6) is 1.54. The second kappa shape index (κ2) is 7.51. The number of ether oxygens (including phenoxy) is 1. The van der Waals surface area contributed by atoms with E-state index in [1.54, 1.807) is 10.9 Å². The third-order valence-corrected chi connectivity index (χ3v) is 7.33. The zero-order valence-electron chi connectivity index (χ0n) is 16.8. The Kier molecular flexibility index (Phi) is 4.82. The molecule has 4 heterocycles. The Morgan fingerprint density at radius 2 is 1.90 bits per heavy atom. The van der Waals surface area contributed by atoms with Gasteiger partial charge in [0.25, 0.3) is 0 Å². The number of benzene rings is 1. The Morgan fingerprint density at radius 1 is 1.13 bits per heavy atom. The van der Waals surface area contributed by atoms with E-state index in [0.29, 0.717) is 31.2 Å². The standard InChI is InChI=1S/C20H24N6O3S/c1-14-2-4-16(5-3-14)26-19-17(12-21-26)18(25-7-9-29-10-8-25)23-20(24-19)22-15-6-11-30(27,28)13-15/h2-5,12,15H,6-11,13H2,1H3,(H,22,23,24)/t15-/m1/s1. The zero-order valence-corrected chi connectivity index (χ0v) is 17.6. The predicted molar refractivity (Wildman–Crippen MR) is 115 cm³/mol. The maximum absolute atomic E-state index is 11.9. The molecule has 0 bridgehead atoms. The molecule has 0 radical (unpaired) electrons. The highest BCUT2D eigenvalue weighted by molar-refractivity contribution is 7.91. The van der Waals surface area contributed by atoms with Crippen LogP contribution in [0.5, 0.6) is 0 Å². The molecule has 2 aromatic heterocycles. The Balaban J connectivity index is 1.59. The lowest BCUT2D eigenvalue weighted by atomic mass is 10.2. The molecule has 2 aliphatic heterocycles. The SMILES string of the molecule is Cc1ccc(-n2ncc3c(N4CCOCC4)nc(N[C@@H]4CCS(=O)(=O)C4)nc32)cc1. The largest absolute Gasteiger partial charge is 0.378 e. The molecule has 158 valence electrons. The lowest BCUT2D eigenvalue weighted by Crippen LogP contribution is -2.37. The molecule has 3 aromatic rings. The van der Waals surface area contributed by atoms with Gasteiger partial charge in [-0.25, -0.2) is 13.1 Å². The van der Waals surface area contributed by atoms with Gasteiger partial charge < -0.3 is 15.0 Å². The van der Waals surface area contributed by atoms with Gasteiger partial charge in [0.1, 0.15) is 5.82 Å². The van der Waals surface area contributed by atoms with Gasteiger partial charge in [-0.15, -0.1) is 0 Å². The fourth-order valence-corrected chi connectivity index (χ4v) is 5.61. The van der Waals surface area contributed by atoms with Gasteiger partial charge in [-0.3, -0.25) is 0 Å². The molecule has 0 unspecified atom stereocenters. The van der Waals surface area contributed by atoms with Crippen molar-refractivity contribution in [2.75, 3.05) is 48.0 Å². The van der Waals surface area contributed by atoms with Crippen molar-refractivity contribution in [2.45, 2.75) is 19.4 Å². The number of aromatic nitrogens is 4. The van der Waals surface area contributed by atoms with Crippen molar-refractivity contribution >= 4 is 32.6 Å². The van der Waals surface area contributed by atoms with Gasteiger partial charge >= 0.3 is 0 Å². The van der Waals surface area contributed by atoms with Gasteiger partial charge in [0, 0.05) is 19.1 Å². The molecule has 1 atom stereocenters. The van der Waals surface area contributed by atoms with Crippen molar-refractivity contribution in [3.8, 4) is 5.69 Å². The van der Waals surface area contributed by atoms with E-state index in [1.165, 1.54) is 5.56 Å². The van der Waals surface area contributed by atoms with Crippen LogP contribution in [-0.2, 0) is 14.6 Å². The van der Waals surface area contributed by atoms with Gasteiger partial charge in [0.05, 0.1) is 42.0 Å². The lowest BCUT2D eigenvalue weighted by Gasteiger charge is -2.28. The van der Waals surface area contributed by atoms with Crippen molar-refractivity contribution in [3.05, 3.63) is 36.0 Å². The number of anilines is 2. The fraction of sp³-hybridized carbons (Fsp3) is 0.450. The third-order valence-electron chi connectivity index (χ3n) is 5.56. The van der Waals surface area contributed by atoms with Gasteiger partial charge in [0.2, 0.25) is 5.95 Å². The summed E-state index contributed by atoms with van der Waals surface area (Å²) in [6.45, 7) is 4.79. The van der Waals surface area contributed by atoms with E-state index in [1.807, 2.05) is 31.2 Å². The summed E-state index contributed by atoms with van der Waals surface area (Å²) in [5, 5.41) is 8.69. The zero-order chi connectivity index (χ0) is 20.7. The number of hydrogen-bond donors (Lipinski definition) is 1. The van der Waals surface area contributed by atoms with Crippen LogP contribution in [-0.4, -0.2) is 72.0 Å². The molecule has 2 aliphatic rings. The highest BCUT2D eigenvalue weighted by Gasteiger charge is 2.29. The molecule has 1 aromatic carbocycles. The first-order valence-corrected chi connectivity index (χ1v) is 11.9. The number of sulfone groups is 1. The molecule has 0 amide bonds. The van der Waals surface area contributed by atoms with Crippen LogP contribution in [0.4, 0.5) is 11.8 Å².